The molecule has 1 saturated heterocycles. The molecule has 2 rings (SSSR count). The van der Waals surface area contributed by atoms with E-state index in [4.69, 9.17) is 0 Å². The number of hydrogen-bond donors (Lipinski definition) is 1. The molecule has 0 amide bonds. The van der Waals surface area contributed by atoms with E-state index in [0.29, 0.717) is 6.04 Å². The van der Waals surface area contributed by atoms with Gasteiger partial charge in [-0.25, -0.2) is 0 Å². The van der Waals surface area contributed by atoms with Crippen LogP contribution in [0.2, 0.25) is 0 Å². The molecule has 1 fully saturated rings. The van der Waals surface area contributed by atoms with Crippen LogP contribution in [-0.4, -0.2) is 35.2 Å². The average molecular weight is 318 g/mol. The van der Waals surface area contributed by atoms with Gasteiger partial charge in [-0.3, -0.25) is 4.90 Å². The molecular formula is C21H35NO. The van der Waals surface area contributed by atoms with Gasteiger partial charge in [0, 0.05) is 12.1 Å². The SMILES string of the molecule is CCCCCCCCC1CCC(O)C(Cc2ccccc2)N1C. The number of likely N-dealkylation sites (tertiary alicyclic amines) is 1. The van der Waals surface area contributed by atoms with Crippen molar-refractivity contribution in [2.75, 3.05) is 7.05 Å². The summed E-state index contributed by atoms with van der Waals surface area (Å²) in [7, 11) is 2.22. The third-order valence-corrected chi connectivity index (χ3v) is 5.52. The van der Waals surface area contributed by atoms with Gasteiger partial charge in [-0.1, -0.05) is 75.8 Å². The predicted octanol–water partition coefficient (Wildman–Crippen LogP) is 4.80. The summed E-state index contributed by atoms with van der Waals surface area (Å²) >= 11 is 0. The lowest BCUT2D eigenvalue weighted by Crippen LogP contribution is -2.52. The summed E-state index contributed by atoms with van der Waals surface area (Å²) in [6, 6.07) is 11.5. The van der Waals surface area contributed by atoms with Crippen LogP contribution in [0.1, 0.15) is 70.3 Å². The molecule has 0 bridgehead atoms. The van der Waals surface area contributed by atoms with Gasteiger partial charge in [0.1, 0.15) is 0 Å². The van der Waals surface area contributed by atoms with E-state index in [1.807, 2.05) is 0 Å². The van der Waals surface area contributed by atoms with Crippen molar-refractivity contribution in [2.24, 2.45) is 0 Å². The number of piperidine rings is 1. The number of hydrogen-bond acceptors (Lipinski definition) is 2. The Morgan fingerprint density at radius 1 is 1.00 bits per heavy atom. The molecular weight excluding hydrogens is 282 g/mol. The Labute approximate surface area is 142 Å². The smallest absolute Gasteiger partial charge is 0.0699 e. The molecule has 0 radical (unpaired) electrons. The number of benzene rings is 1. The van der Waals surface area contributed by atoms with Crippen LogP contribution in [0.3, 0.4) is 0 Å². The van der Waals surface area contributed by atoms with Crippen LogP contribution in [0.25, 0.3) is 0 Å². The molecule has 0 aliphatic carbocycles. The van der Waals surface area contributed by atoms with E-state index in [1.54, 1.807) is 0 Å². The van der Waals surface area contributed by atoms with E-state index < -0.39 is 0 Å². The summed E-state index contributed by atoms with van der Waals surface area (Å²) in [6.45, 7) is 2.27. The van der Waals surface area contributed by atoms with Crippen LogP contribution >= 0.6 is 0 Å². The van der Waals surface area contributed by atoms with Gasteiger partial charge in [0.15, 0.2) is 0 Å². The lowest BCUT2D eigenvalue weighted by atomic mass is 9.87. The second kappa shape index (κ2) is 10.1. The number of unbranched alkanes of at least 4 members (excludes halogenated alkanes) is 5. The molecule has 0 spiro atoms. The zero-order chi connectivity index (χ0) is 16.5. The maximum absolute atomic E-state index is 10.4. The number of aliphatic hydroxyl groups is 1. The second-order valence-corrected chi connectivity index (χ2v) is 7.28. The maximum Gasteiger partial charge on any atom is 0.0699 e. The van der Waals surface area contributed by atoms with Crippen molar-refractivity contribution in [3.63, 3.8) is 0 Å². The number of rotatable bonds is 9. The van der Waals surface area contributed by atoms with Crippen LogP contribution in [-0.2, 0) is 6.42 Å². The van der Waals surface area contributed by atoms with E-state index in [9.17, 15) is 5.11 Å². The monoisotopic (exact) mass is 317 g/mol. The van der Waals surface area contributed by atoms with Gasteiger partial charge in [-0.15, -0.1) is 0 Å². The van der Waals surface area contributed by atoms with Gasteiger partial charge >= 0.3 is 0 Å². The fourth-order valence-electron chi connectivity index (χ4n) is 3.95. The molecule has 1 aromatic rings. The standard InChI is InChI=1S/C21H35NO/c1-3-4-5-6-7-11-14-19-15-16-21(23)20(22(19)2)17-18-12-9-8-10-13-18/h8-10,12-13,19-21,23H,3-7,11,14-17H2,1-2H3. The van der Waals surface area contributed by atoms with E-state index in [2.05, 4.69) is 49.2 Å². The zero-order valence-electron chi connectivity index (χ0n) is 15.1. The Balaban J connectivity index is 1.79. The molecule has 3 atom stereocenters. The first kappa shape index (κ1) is 18.5. The Morgan fingerprint density at radius 2 is 1.70 bits per heavy atom. The van der Waals surface area contributed by atoms with Gasteiger partial charge in [-0.05, 0) is 38.3 Å². The molecule has 1 aliphatic heterocycles. The highest BCUT2D eigenvalue weighted by molar-refractivity contribution is 5.16. The fourth-order valence-corrected chi connectivity index (χ4v) is 3.95. The van der Waals surface area contributed by atoms with Crippen LogP contribution in [0.5, 0.6) is 0 Å². The predicted molar refractivity (Wildman–Crippen MR) is 98.7 cm³/mol. The molecule has 1 aliphatic rings. The number of likely N-dealkylation sites (N-methyl/N-ethyl adjacent to an activating group) is 1. The van der Waals surface area contributed by atoms with E-state index in [-0.39, 0.29) is 12.1 Å². The van der Waals surface area contributed by atoms with E-state index >= 15 is 0 Å². The van der Waals surface area contributed by atoms with Gasteiger partial charge in [0.2, 0.25) is 0 Å². The minimum absolute atomic E-state index is 0.180. The largest absolute Gasteiger partial charge is 0.391 e. The van der Waals surface area contributed by atoms with Gasteiger partial charge in [0.05, 0.1) is 6.10 Å². The lowest BCUT2D eigenvalue weighted by Gasteiger charge is -2.43. The summed E-state index contributed by atoms with van der Waals surface area (Å²) in [5.41, 5.74) is 1.34. The van der Waals surface area contributed by atoms with Crippen molar-refractivity contribution >= 4 is 0 Å². The highest BCUT2D eigenvalue weighted by Crippen LogP contribution is 2.27. The van der Waals surface area contributed by atoms with Crippen molar-refractivity contribution in [3.8, 4) is 0 Å². The van der Waals surface area contributed by atoms with Crippen LogP contribution in [0.15, 0.2) is 30.3 Å². The number of aliphatic hydroxyl groups excluding tert-OH is 1. The Kier molecular flexibility index (Phi) is 8.11. The lowest BCUT2D eigenvalue weighted by molar-refractivity contribution is -0.00906. The third-order valence-electron chi connectivity index (χ3n) is 5.52. The quantitative estimate of drug-likeness (QED) is 0.661. The highest BCUT2D eigenvalue weighted by atomic mass is 16.3. The Morgan fingerprint density at radius 3 is 2.43 bits per heavy atom. The molecule has 1 aromatic carbocycles. The van der Waals surface area contributed by atoms with Crippen LogP contribution < -0.4 is 0 Å². The summed E-state index contributed by atoms with van der Waals surface area (Å²) in [5.74, 6) is 0. The Hall–Kier alpha value is -0.860. The van der Waals surface area contributed by atoms with Gasteiger partial charge in [0.25, 0.3) is 0 Å². The summed E-state index contributed by atoms with van der Waals surface area (Å²) in [5, 5.41) is 10.4. The highest BCUT2D eigenvalue weighted by Gasteiger charge is 2.33. The second-order valence-electron chi connectivity index (χ2n) is 7.28. The topological polar surface area (TPSA) is 23.5 Å². The molecule has 3 unspecified atom stereocenters. The van der Waals surface area contributed by atoms with Crippen molar-refractivity contribution in [1.29, 1.82) is 0 Å². The summed E-state index contributed by atoms with van der Waals surface area (Å²) in [6.07, 6.45) is 12.4. The fraction of sp³-hybridized carbons (Fsp3) is 0.714. The molecule has 2 nitrogen and oxygen atoms in total. The van der Waals surface area contributed by atoms with Crippen LogP contribution in [0.4, 0.5) is 0 Å². The first-order chi connectivity index (χ1) is 11.2. The first-order valence-corrected chi connectivity index (χ1v) is 9.66. The third kappa shape index (κ3) is 5.93. The number of nitrogens with zero attached hydrogens (tertiary/aromatic N) is 1. The van der Waals surface area contributed by atoms with Crippen molar-refractivity contribution in [1.82, 2.24) is 4.90 Å². The first-order valence-electron chi connectivity index (χ1n) is 9.66. The molecule has 2 heteroatoms. The van der Waals surface area contributed by atoms with Crippen LogP contribution in [0, 0.1) is 0 Å². The van der Waals surface area contributed by atoms with E-state index in [0.717, 1.165) is 19.3 Å². The average Bonchev–Trinajstić information content (AvgIpc) is 2.57. The van der Waals surface area contributed by atoms with Crippen molar-refractivity contribution in [2.45, 2.75) is 89.3 Å². The minimum Gasteiger partial charge on any atom is -0.391 e. The maximum atomic E-state index is 10.4. The molecule has 23 heavy (non-hydrogen) atoms. The van der Waals surface area contributed by atoms with Gasteiger partial charge < -0.3 is 5.11 Å². The zero-order valence-corrected chi connectivity index (χ0v) is 15.1. The van der Waals surface area contributed by atoms with Crippen molar-refractivity contribution in [3.05, 3.63) is 35.9 Å². The molecule has 130 valence electrons. The van der Waals surface area contributed by atoms with Gasteiger partial charge in [-0.2, -0.15) is 0 Å². The summed E-state index contributed by atoms with van der Waals surface area (Å²) < 4.78 is 0. The van der Waals surface area contributed by atoms with Crippen molar-refractivity contribution < 1.29 is 5.11 Å². The molecule has 1 heterocycles. The summed E-state index contributed by atoms with van der Waals surface area (Å²) in [4.78, 5) is 2.47. The Bertz CT molecular complexity index is 419. The molecule has 0 aromatic heterocycles. The van der Waals surface area contributed by atoms with E-state index in [1.165, 1.54) is 50.5 Å². The molecule has 0 saturated carbocycles. The minimum atomic E-state index is -0.180. The normalized spacial score (nSPS) is 25.6. The molecule has 1 N–H and O–H groups in total.